The number of hydrogen-bond donors (Lipinski definition) is 1. The van der Waals surface area contributed by atoms with Gasteiger partial charge in [0.2, 0.25) is 0 Å². The molecular weight excluding hydrogens is 177 g/mol. The predicted molar refractivity (Wildman–Crippen MR) is 45.9 cm³/mol. The quantitative estimate of drug-likeness (QED) is 0.653. The lowest BCUT2D eigenvalue weighted by Crippen LogP contribution is -2.28. The Labute approximate surface area is 72.7 Å². The third-order valence-corrected chi connectivity index (χ3v) is 2.85. The fourth-order valence-corrected chi connectivity index (χ4v) is 2.17. The molecule has 4 heteroatoms. The van der Waals surface area contributed by atoms with Crippen LogP contribution in [0.4, 0.5) is 4.39 Å². The average Bonchev–Trinajstić information content (AvgIpc) is 2.41. The summed E-state index contributed by atoms with van der Waals surface area (Å²) < 4.78 is 13.7. The van der Waals surface area contributed by atoms with Gasteiger partial charge in [0, 0.05) is 12.8 Å². The van der Waals surface area contributed by atoms with Gasteiger partial charge in [-0.05, 0) is 6.92 Å². The van der Waals surface area contributed by atoms with Gasteiger partial charge in [-0.25, -0.2) is 9.37 Å². The summed E-state index contributed by atoms with van der Waals surface area (Å²) in [5.41, 5.74) is 0. The van der Waals surface area contributed by atoms with Crippen LogP contribution < -0.4 is 9.88 Å². The van der Waals surface area contributed by atoms with E-state index in [1.807, 2.05) is 6.92 Å². The molecule has 0 aromatic carbocycles. The van der Waals surface area contributed by atoms with Crippen molar-refractivity contribution in [1.29, 1.82) is 0 Å². The third kappa shape index (κ3) is 1.03. The highest BCUT2D eigenvalue weighted by Gasteiger charge is 2.12. The van der Waals surface area contributed by atoms with Gasteiger partial charge in [-0.1, -0.05) is 0 Å². The molecule has 0 saturated heterocycles. The molecule has 12 heavy (non-hydrogen) atoms. The predicted octanol–water partition coefficient (Wildman–Crippen LogP) is 0.989. The topological polar surface area (TPSA) is 33.1 Å². The number of aliphatic hydroxyl groups is 1. The summed E-state index contributed by atoms with van der Waals surface area (Å²) in [6.07, 6.45) is 0.683. The van der Waals surface area contributed by atoms with E-state index in [0.29, 0.717) is 16.3 Å². The second-order valence-electron chi connectivity index (χ2n) is 2.76. The first kappa shape index (κ1) is 7.73. The molecule has 0 saturated carbocycles. The third-order valence-electron chi connectivity index (χ3n) is 1.83. The molecule has 1 N–H and O–H groups in total. The Hall–Kier alpha value is -0.900. The van der Waals surface area contributed by atoms with Gasteiger partial charge in [0.1, 0.15) is 16.9 Å². The zero-order chi connectivity index (χ0) is 8.72. The Morgan fingerprint density at radius 2 is 2.25 bits per heavy atom. The van der Waals surface area contributed by atoms with Crippen molar-refractivity contribution in [3.05, 3.63) is 14.9 Å². The minimum absolute atomic E-state index is 0.202. The Balaban J connectivity index is 2.93. The van der Waals surface area contributed by atoms with E-state index in [1.165, 1.54) is 11.3 Å². The van der Waals surface area contributed by atoms with E-state index in [0.717, 1.165) is 5.01 Å². The average molecular weight is 185 g/mol. The van der Waals surface area contributed by atoms with Crippen LogP contribution >= 0.6 is 11.3 Å². The minimum Gasteiger partial charge on any atom is -0.511 e. The number of hydrogen-bond acceptors (Lipinski definition) is 3. The van der Waals surface area contributed by atoms with Gasteiger partial charge in [-0.2, -0.15) is 0 Å². The van der Waals surface area contributed by atoms with Crippen LogP contribution in [0.15, 0.2) is 0 Å². The fraction of sp³-hybridized carbons (Fsp3) is 0.375. The summed E-state index contributed by atoms with van der Waals surface area (Å²) in [4.78, 5) is 4.01. The molecule has 0 unspecified atom stereocenters. The van der Waals surface area contributed by atoms with Crippen molar-refractivity contribution in [2.75, 3.05) is 0 Å². The maximum Gasteiger partial charge on any atom is 0.128 e. The van der Waals surface area contributed by atoms with Gasteiger partial charge in [0.25, 0.3) is 0 Å². The molecule has 1 aliphatic carbocycles. The van der Waals surface area contributed by atoms with Gasteiger partial charge in [0.05, 0.1) is 9.54 Å². The molecular formula is C8H8FNOS. The molecule has 0 spiro atoms. The molecule has 1 aromatic heterocycles. The maximum atomic E-state index is 13.1. The number of nitrogens with zero attached hydrogens (tertiary/aromatic N) is 1. The van der Waals surface area contributed by atoms with E-state index in [4.69, 9.17) is 0 Å². The lowest BCUT2D eigenvalue weighted by Gasteiger charge is -2.01. The summed E-state index contributed by atoms with van der Waals surface area (Å²) >= 11 is 1.34. The van der Waals surface area contributed by atoms with Crippen LogP contribution in [-0.2, 0) is 0 Å². The Morgan fingerprint density at radius 3 is 2.92 bits per heavy atom. The van der Waals surface area contributed by atoms with Crippen molar-refractivity contribution in [1.82, 2.24) is 4.98 Å². The van der Waals surface area contributed by atoms with Crippen molar-refractivity contribution in [3.8, 4) is 0 Å². The van der Waals surface area contributed by atoms with E-state index in [1.54, 1.807) is 0 Å². The highest BCUT2D eigenvalue weighted by atomic mass is 32.1. The molecule has 0 atom stereocenters. The van der Waals surface area contributed by atoms with Crippen LogP contribution in [0.3, 0.4) is 0 Å². The van der Waals surface area contributed by atoms with Gasteiger partial charge < -0.3 is 5.11 Å². The van der Waals surface area contributed by atoms with Gasteiger partial charge in [-0.15, -0.1) is 11.3 Å². The van der Waals surface area contributed by atoms with Crippen molar-refractivity contribution < 1.29 is 9.50 Å². The van der Waals surface area contributed by atoms with Gasteiger partial charge in [0.15, 0.2) is 0 Å². The summed E-state index contributed by atoms with van der Waals surface area (Å²) in [5, 5.41) is 10.5. The standard InChI is InChI=1S/C8H8FNOS/c1-4-10-7-5(9)2-3-6(11)8(7)12-4/h11H,2-3H2,1H3. The number of aryl methyl sites for hydroxylation is 1. The van der Waals surface area contributed by atoms with Gasteiger partial charge >= 0.3 is 0 Å². The van der Waals surface area contributed by atoms with E-state index >= 15 is 0 Å². The SMILES string of the molecule is Cc1nc2c(s1)=C(O)CCC=2F. The molecule has 0 fully saturated rings. The second-order valence-corrected chi connectivity index (χ2v) is 3.97. The normalized spacial score (nSPS) is 16.5. The molecule has 1 aromatic rings. The molecule has 2 rings (SSSR count). The zero-order valence-corrected chi connectivity index (χ0v) is 7.41. The van der Waals surface area contributed by atoms with Crippen LogP contribution in [0.5, 0.6) is 0 Å². The van der Waals surface area contributed by atoms with Crippen LogP contribution in [0.25, 0.3) is 11.6 Å². The second kappa shape index (κ2) is 2.55. The largest absolute Gasteiger partial charge is 0.511 e. The lowest BCUT2D eigenvalue weighted by molar-refractivity contribution is 0.472. The van der Waals surface area contributed by atoms with Crippen molar-refractivity contribution in [2.45, 2.75) is 19.8 Å². The molecule has 1 aliphatic rings. The summed E-state index contributed by atoms with van der Waals surface area (Å²) in [7, 11) is 0. The smallest absolute Gasteiger partial charge is 0.128 e. The number of rotatable bonds is 0. The lowest BCUT2D eigenvalue weighted by atomic mass is 10.2. The molecule has 0 bridgehead atoms. The molecule has 0 aliphatic heterocycles. The minimum atomic E-state index is -0.202. The highest BCUT2D eigenvalue weighted by Crippen LogP contribution is 2.14. The molecule has 0 amide bonds. The van der Waals surface area contributed by atoms with E-state index < -0.39 is 0 Å². The first-order chi connectivity index (χ1) is 5.68. The summed E-state index contributed by atoms with van der Waals surface area (Å²) in [6, 6.07) is 0. The summed E-state index contributed by atoms with van der Waals surface area (Å²) in [5.74, 6) is 0.0733. The Bertz CT molecular complexity index is 395. The maximum absolute atomic E-state index is 13.1. The van der Waals surface area contributed by atoms with Crippen LogP contribution in [-0.4, -0.2) is 10.1 Å². The number of aliphatic hydroxyl groups excluding tert-OH is 1. The van der Waals surface area contributed by atoms with Crippen LogP contribution in [0.2, 0.25) is 0 Å². The monoisotopic (exact) mass is 185 g/mol. The summed E-state index contributed by atoms with van der Waals surface area (Å²) in [6.45, 7) is 1.81. The van der Waals surface area contributed by atoms with Crippen molar-refractivity contribution >= 4 is 22.9 Å². The van der Waals surface area contributed by atoms with Crippen LogP contribution in [0, 0.1) is 6.92 Å². The first-order valence-corrected chi connectivity index (χ1v) is 4.54. The van der Waals surface area contributed by atoms with E-state index in [9.17, 15) is 9.50 Å². The van der Waals surface area contributed by atoms with Crippen molar-refractivity contribution in [2.24, 2.45) is 0 Å². The van der Waals surface area contributed by atoms with E-state index in [2.05, 4.69) is 4.98 Å². The van der Waals surface area contributed by atoms with Crippen LogP contribution in [0.1, 0.15) is 17.8 Å². The Morgan fingerprint density at radius 1 is 1.50 bits per heavy atom. The fourth-order valence-electron chi connectivity index (χ4n) is 1.27. The first-order valence-electron chi connectivity index (χ1n) is 3.73. The number of thiazole rings is 1. The number of fused-ring (bicyclic) bond motifs is 1. The number of halogens is 1. The molecule has 2 nitrogen and oxygen atoms in total. The highest BCUT2D eigenvalue weighted by molar-refractivity contribution is 7.09. The van der Waals surface area contributed by atoms with E-state index in [-0.39, 0.29) is 18.0 Å². The van der Waals surface area contributed by atoms with Gasteiger partial charge in [-0.3, -0.25) is 0 Å². The number of aromatic nitrogens is 1. The zero-order valence-electron chi connectivity index (χ0n) is 6.59. The molecule has 0 radical (unpaired) electrons. The van der Waals surface area contributed by atoms with Crippen molar-refractivity contribution in [3.63, 3.8) is 0 Å². The molecule has 1 heterocycles. The molecule has 64 valence electrons. The Kier molecular flexibility index (Phi) is 1.65.